The molecule has 0 unspecified atom stereocenters. The van der Waals surface area contributed by atoms with Gasteiger partial charge in [-0.1, -0.05) is 0 Å². The second kappa shape index (κ2) is 7.17. The summed E-state index contributed by atoms with van der Waals surface area (Å²) in [7, 11) is 1.36. The van der Waals surface area contributed by atoms with Gasteiger partial charge in [-0.3, -0.25) is 9.79 Å². The van der Waals surface area contributed by atoms with Crippen molar-refractivity contribution in [2.24, 2.45) is 10.7 Å². The van der Waals surface area contributed by atoms with Crippen LogP contribution in [-0.4, -0.2) is 43.6 Å². The zero-order valence-corrected chi connectivity index (χ0v) is 9.12. The maximum atomic E-state index is 10.8. The van der Waals surface area contributed by atoms with Crippen molar-refractivity contribution in [1.29, 1.82) is 0 Å². The normalized spacial score (nSPS) is 11.2. The fourth-order valence-electron chi connectivity index (χ4n) is 1.01. The van der Waals surface area contributed by atoms with Crippen LogP contribution in [0.1, 0.15) is 20.3 Å². The van der Waals surface area contributed by atoms with Crippen molar-refractivity contribution in [3.63, 3.8) is 0 Å². The van der Waals surface area contributed by atoms with E-state index in [1.807, 2.05) is 18.7 Å². The Morgan fingerprint density at radius 2 is 2.00 bits per heavy atom. The van der Waals surface area contributed by atoms with Gasteiger partial charge in [0.2, 0.25) is 0 Å². The van der Waals surface area contributed by atoms with Gasteiger partial charge in [0.25, 0.3) is 0 Å². The highest BCUT2D eigenvalue weighted by molar-refractivity contribution is 5.78. The molecule has 0 amide bonds. The van der Waals surface area contributed by atoms with Crippen LogP contribution in [0.4, 0.5) is 0 Å². The van der Waals surface area contributed by atoms with E-state index in [4.69, 9.17) is 5.73 Å². The maximum absolute atomic E-state index is 10.8. The monoisotopic (exact) mass is 201 g/mol. The average Bonchev–Trinajstić information content (AvgIpc) is 2.19. The van der Waals surface area contributed by atoms with Crippen LogP contribution in [0.3, 0.4) is 0 Å². The number of ether oxygens (including phenoxy) is 1. The third-order valence-electron chi connectivity index (χ3n) is 1.90. The third kappa shape index (κ3) is 4.69. The first-order valence-corrected chi connectivity index (χ1v) is 4.77. The predicted molar refractivity (Wildman–Crippen MR) is 56.0 cm³/mol. The summed E-state index contributed by atoms with van der Waals surface area (Å²) in [4.78, 5) is 16.8. The number of guanidine groups is 1. The predicted octanol–water partition coefficient (Wildman–Crippen LogP) is 0.206. The number of hydrogen-bond acceptors (Lipinski definition) is 3. The Morgan fingerprint density at radius 1 is 1.43 bits per heavy atom. The minimum Gasteiger partial charge on any atom is -0.469 e. The van der Waals surface area contributed by atoms with Crippen molar-refractivity contribution >= 4 is 11.9 Å². The fraction of sp³-hybridized carbons (Fsp3) is 0.778. The number of nitrogens with zero attached hydrogens (tertiary/aromatic N) is 2. The molecule has 0 aromatic carbocycles. The number of esters is 1. The molecule has 0 aliphatic carbocycles. The van der Waals surface area contributed by atoms with Crippen molar-refractivity contribution in [2.75, 3.05) is 26.7 Å². The highest BCUT2D eigenvalue weighted by atomic mass is 16.5. The number of rotatable bonds is 5. The summed E-state index contributed by atoms with van der Waals surface area (Å²) < 4.78 is 4.48. The molecule has 5 nitrogen and oxygen atoms in total. The first kappa shape index (κ1) is 12.7. The van der Waals surface area contributed by atoms with Crippen molar-refractivity contribution in [2.45, 2.75) is 20.3 Å². The van der Waals surface area contributed by atoms with Gasteiger partial charge in [-0.15, -0.1) is 0 Å². The van der Waals surface area contributed by atoms with Gasteiger partial charge in [0.1, 0.15) is 0 Å². The Bertz CT molecular complexity index is 200. The largest absolute Gasteiger partial charge is 0.469 e. The standard InChI is InChI=1S/C9H19N3O2/c1-4-12(5-2)9(10)11-7-6-8(13)14-3/h4-7H2,1-3H3,(H2,10,11). The van der Waals surface area contributed by atoms with Gasteiger partial charge in [-0.05, 0) is 13.8 Å². The minimum absolute atomic E-state index is 0.263. The van der Waals surface area contributed by atoms with Gasteiger partial charge in [0, 0.05) is 13.1 Å². The summed E-state index contributed by atoms with van der Waals surface area (Å²) in [5, 5.41) is 0. The molecule has 0 aliphatic rings. The van der Waals surface area contributed by atoms with E-state index in [1.165, 1.54) is 7.11 Å². The summed E-state index contributed by atoms with van der Waals surface area (Å²) in [5.74, 6) is 0.222. The smallest absolute Gasteiger partial charge is 0.307 e. The van der Waals surface area contributed by atoms with E-state index in [0.717, 1.165) is 13.1 Å². The molecule has 0 heterocycles. The van der Waals surface area contributed by atoms with E-state index in [2.05, 4.69) is 9.73 Å². The van der Waals surface area contributed by atoms with Crippen molar-refractivity contribution in [3.05, 3.63) is 0 Å². The molecule has 14 heavy (non-hydrogen) atoms. The molecule has 0 fully saturated rings. The lowest BCUT2D eigenvalue weighted by Gasteiger charge is -2.19. The lowest BCUT2D eigenvalue weighted by atomic mass is 10.4. The minimum atomic E-state index is -0.263. The highest BCUT2D eigenvalue weighted by Gasteiger charge is 2.02. The van der Waals surface area contributed by atoms with E-state index in [-0.39, 0.29) is 12.4 Å². The average molecular weight is 201 g/mol. The van der Waals surface area contributed by atoms with Gasteiger partial charge < -0.3 is 15.4 Å². The summed E-state index contributed by atoms with van der Waals surface area (Å²) in [5.41, 5.74) is 5.69. The van der Waals surface area contributed by atoms with Crippen LogP contribution in [-0.2, 0) is 9.53 Å². The summed E-state index contributed by atoms with van der Waals surface area (Å²) in [6.07, 6.45) is 0.276. The van der Waals surface area contributed by atoms with E-state index in [9.17, 15) is 4.79 Å². The Balaban J connectivity index is 3.92. The van der Waals surface area contributed by atoms with Gasteiger partial charge in [-0.2, -0.15) is 0 Å². The van der Waals surface area contributed by atoms with Gasteiger partial charge in [0.15, 0.2) is 5.96 Å². The molecule has 0 aromatic heterocycles. The molecular formula is C9H19N3O2. The molecule has 0 spiro atoms. The quantitative estimate of drug-likeness (QED) is 0.392. The number of methoxy groups -OCH3 is 1. The fourth-order valence-corrected chi connectivity index (χ4v) is 1.01. The molecule has 0 atom stereocenters. The molecule has 0 bridgehead atoms. The molecule has 0 saturated heterocycles. The summed E-state index contributed by atoms with van der Waals surface area (Å²) in [6.45, 7) is 6.04. The molecule has 82 valence electrons. The van der Waals surface area contributed by atoms with Crippen LogP contribution in [0.15, 0.2) is 4.99 Å². The zero-order chi connectivity index (χ0) is 11.0. The first-order valence-electron chi connectivity index (χ1n) is 4.77. The molecule has 2 N–H and O–H groups in total. The van der Waals surface area contributed by atoms with E-state index in [0.29, 0.717) is 12.5 Å². The van der Waals surface area contributed by atoms with Crippen LogP contribution >= 0.6 is 0 Å². The maximum Gasteiger partial charge on any atom is 0.307 e. The summed E-state index contributed by atoms with van der Waals surface area (Å²) in [6, 6.07) is 0. The number of hydrogen-bond donors (Lipinski definition) is 1. The van der Waals surface area contributed by atoms with E-state index >= 15 is 0 Å². The lowest BCUT2D eigenvalue weighted by molar-refractivity contribution is -0.140. The number of carbonyl (C=O) groups is 1. The topological polar surface area (TPSA) is 67.9 Å². The third-order valence-corrected chi connectivity index (χ3v) is 1.90. The number of nitrogens with two attached hydrogens (primary N) is 1. The second-order valence-corrected chi connectivity index (χ2v) is 2.74. The first-order chi connectivity index (χ1) is 6.65. The lowest BCUT2D eigenvalue weighted by Crippen LogP contribution is -2.37. The van der Waals surface area contributed by atoms with E-state index < -0.39 is 0 Å². The Hall–Kier alpha value is -1.26. The van der Waals surface area contributed by atoms with Gasteiger partial charge in [-0.25, -0.2) is 0 Å². The van der Waals surface area contributed by atoms with Gasteiger partial charge in [0.05, 0.1) is 20.1 Å². The Kier molecular flexibility index (Phi) is 6.53. The molecule has 0 radical (unpaired) electrons. The Morgan fingerprint density at radius 3 is 2.43 bits per heavy atom. The Labute approximate surface area is 84.9 Å². The molecule has 0 aromatic rings. The second-order valence-electron chi connectivity index (χ2n) is 2.74. The molecule has 5 heteroatoms. The summed E-state index contributed by atoms with van der Waals surface area (Å²) >= 11 is 0. The van der Waals surface area contributed by atoms with Crippen molar-refractivity contribution < 1.29 is 9.53 Å². The number of carbonyl (C=O) groups excluding carboxylic acids is 1. The van der Waals surface area contributed by atoms with Crippen molar-refractivity contribution in [1.82, 2.24) is 4.90 Å². The highest BCUT2D eigenvalue weighted by Crippen LogP contribution is 1.89. The van der Waals surface area contributed by atoms with Crippen LogP contribution in [0.25, 0.3) is 0 Å². The SMILES string of the molecule is CCN(CC)C(N)=NCCC(=O)OC. The van der Waals surface area contributed by atoms with Crippen LogP contribution in [0, 0.1) is 0 Å². The molecule has 0 saturated carbocycles. The van der Waals surface area contributed by atoms with Crippen LogP contribution in [0.2, 0.25) is 0 Å². The number of aliphatic imine (C=N–C) groups is 1. The van der Waals surface area contributed by atoms with Crippen LogP contribution in [0.5, 0.6) is 0 Å². The zero-order valence-electron chi connectivity index (χ0n) is 9.12. The van der Waals surface area contributed by atoms with E-state index in [1.54, 1.807) is 0 Å². The molecular weight excluding hydrogens is 182 g/mol. The van der Waals surface area contributed by atoms with Gasteiger partial charge >= 0.3 is 5.97 Å². The van der Waals surface area contributed by atoms with Crippen LogP contribution < -0.4 is 5.73 Å². The molecule has 0 rings (SSSR count). The molecule has 0 aliphatic heterocycles. The van der Waals surface area contributed by atoms with Crippen molar-refractivity contribution in [3.8, 4) is 0 Å².